The van der Waals surface area contributed by atoms with Crippen LogP contribution in [0.1, 0.15) is 44.1 Å². The normalized spacial score (nSPS) is 21.1. The second kappa shape index (κ2) is 8.86. The van der Waals surface area contributed by atoms with Crippen LogP contribution in [0.15, 0.2) is 18.2 Å². The molecule has 1 aromatic carbocycles. The Hall–Kier alpha value is -2.61. The molecule has 8 heteroatoms. The molecule has 8 nitrogen and oxygen atoms in total. The minimum absolute atomic E-state index is 0.0990. The zero-order valence-corrected chi connectivity index (χ0v) is 18.6. The zero-order valence-electron chi connectivity index (χ0n) is 18.6. The summed E-state index contributed by atoms with van der Waals surface area (Å²) in [5.41, 5.74) is 2.34. The highest BCUT2D eigenvalue weighted by atomic mass is 16.2. The van der Waals surface area contributed by atoms with Crippen LogP contribution in [-0.2, 0) is 9.59 Å². The molecule has 0 radical (unpaired) electrons. The number of aryl methyl sites for hydroxylation is 1. The Balaban J connectivity index is 1.26. The Labute approximate surface area is 183 Å². The van der Waals surface area contributed by atoms with E-state index in [0.717, 1.165) is 63.1 Å². The topological polar surface area (TPSA) is 85.0 Å². The van der Waals surface area contributed by atoms with Crippen molar-refractivity contribution >= 4 is 29.2 Å². The third-order valence-corrected chi connectivity index (χ3v) is 6.84. The largest absolute Gasteiger partial charge is 0.369 e. The SMILES string of the molecule is Cc1cc(N2CCN(C)CC2)ccc1NC(=O)CCCN1C(=O)NC2(CCCC2)C1=O. The fraction of sp³-hybridized carbons (Fsp3) is 0.609. The Morgan fingerprint density at radius 2 is 1.84 bits per heavy atom. The number of rotatable bonds is 6. The highest BCUT2D eigenvalue weighted by molar-refractivity contribution is 6.07. The van der Waals surface area contributed by atoms with Crippen LogP contribution in [0.3, 0.4) is 0 Å². The van der Waals surface area contributed by atoms with Crippen LogP contribution in [-0.4, -0.2) is 73.0 Å². The van der Waals surface area contributed by atoms with Crippen molar-refractivity contribution in [3.05, 3.63) is 23.8 Å². The molecule has 1 aliphatic carbocycles. The molecule has 4 rings (SSSR count). The van der Waals surface area contributed by atoms with Crippen molar-refractivity contribution in [3.63, 3.8) is 0 Å². The molecule has 1 aromatic rings. The first-order valence-electron chi connectivity index (χ1n) is 11.4. The number of nitrogens with one attached hydrogen (secondary N) is 2. The van der Waals surface area contributed by atoms with Crippen LogP contribution in [0.4, 0.5) is 16.2 Å². The lowest BCUT2D eigenvalue weighted by atomic mass is 9.98. The van der Waals surface area contributed by atoms with E-state index < -0.39 is 5.54 Å². The van der Waals surface area contributed by atoms with Gasteiger partial charge in [-0.1, -0.05) is 12.8 Å². The van der Waals surface area contributed by atoms with Crippen molar-refractivity contribution in [1.29, 1.82) is 0 Å². The van der Waals surface area contributed by atoms with E-state index in [9.17, 15) is 14.4 Å². The summed E-state index contributed by atoms with van der Waals surface area (Å²) in [5.74, 6) is -0.219. The van der Waals surface area contributed by atoms with Gasteiger partial charge in [0.05, 0.1) is 0 Å². The van der Waals surface area contributed by atoms with Gasteiger partial charge in [-0.2, -0.15) is 0 Å². The van der Waals surface area contributed by atoms with E-state index in [1.807, 2.05) is 13.0 Å². The first-order valence-corrected chi connectivity index (χ1v) is 11.4. The van der Waals surface area contributed by atoms with Crippen molar-refractivity contribution in [3.8, 4) is 0 Å². The van der Waals surface area contributed by atoms with Crippen molar-refractivity contribution in [2.24, 2.45) is 0 Å². The summed E-state index contributed by atoms with van der Waals surface area (Å²) in [4.78, 5) is 43.3. The summed E-state index contributed by atoms with van der Waals surface area (Å²) in [5, 5.41) is 5.85. The van der Waals surface area contributed by atoms with Gasteiger partial charge in [-0.25, -0.2) is 4.79 Å². The van der Waals surface area contributed by atoms with Crippen molar-refractivity contribution in [2.45, 2.75) is 51.0 Å². The van der Waals surface area contributed by atoms with Gasteiger partial charge in [-0.3, -0.25) is 14.5 Å². The quantitative estimate of drug-likeness (QED) is 0.681. The second-order valence-electron chi connectivity index (χ2n) is 9.12. The van der Waals surface area contributed by atoms with E-state index in [-0.39, 0.29) is 30.8 Å². The predicted octanol–water partition coefficient (Wildman–Crippen LogP) is 2.33. The third-order valence-electron chi connectivity index (χ3n) is 6.84. The number of urea groups is 1. The van der Waals surface area contributed by atoms with Gasteiger partial charge in [-0.05, 0) is 57.0 Å². The fourth-order valence-electron chi connectivity index (χ4n) is 4.86. The van der Waals surface area contributed by atoms with E-state index in [4.69, 9.17) is 0 Å². The first-order chi connectivity index (χ1) is 14.9. The average Bonchev–Trinajstić information content (AvgIpc) is 3.30. The molecule has 3 aliphatic rings. The molecule has 4 amide bonds. The predicted molar refractivity (Wildman–Crippen MR) is 120 cm³/mol. The first kappa shape index (κ1) is 21.6. The number of carbonyl (C=O) groups is 3. The van der Waals surface area contributed by atoms with Gasteiger partial charge in [0, 0.05) is 50.5 Å². The van der Waals surface area contributed by atoms with E-state index in [0.29, 0.717) is 6.42 Å². The van der Waals surface area contributed by atoms with Crippen molar-refractivity contribution < 1.29 is 14.4 Å². The number of hydrogen-bond acceptors (Lipinski definition) is 5. The Kier molecular flexibility index (Phi) is 6.18. The van der Waals surface area contributed by atoms with E-state index in [1.54, 1.807) is 0 Å². The monoisotopic (exact) mass is 427 g/mol. The molecule has 1 saturated carbocycles. The molecule has 2 heterocycles. The maximum absolute atomic E-state index is 12.7. The van der Waals surface area contributed by atoms with Gasteiger partial charge >= 0.3 is 6.03 Å². The van der Waals surface area contributed by atoms with Crippen LogP contribution in [0, 0.1) is 6.92 Å². The Morgan fingerprint density at radius 3 is 2.52 bits per heavy atom. The van der Waals surface area contributed by atoms with Crippen LogP contribution in [0.2, 0.25) is 0 Å². The second-order valence-corrected chi connectivity index (χ2v) is 9.12. The lowest BCUT2D eigenvalue weighted by Gasteiger charge is -2.34. The van der Waals surface area contributed by atoms with Gasteiger partial charge in [0.2, 0.25) is 5.91 Å². The van der Waals surface area contributed by atoms with Crippen LogP contribution < -0.4 is 15.5 Å². The number of imide groups is 1. The molecule has 0 bridgehead atoms. The molecule has 2 aliphatic heterocycles. The van der Waals surface area contributed by atoms with E-state index in [2.05, 4.69) is 39.6 Å². The molecule has 3 fully saturated rings. The molecule has 0 unspecified atom stereocenters. The molecule has 31 heavy (non-hydrogen) atoms. The molecule has 1 spiro atoms. The van der Waals surface area contributed by atoms with E-state index in [1.165, 1.54) is 10.6 Å². The lowest BCUT2D eigenvalue weighted by Crippen LogP contribution is -2.44. The number of anilines is 2. The summed E-state index contributed by atoms with van der Waals surface area (Å²) in [6, 6.07) is 5.82. The number of carbonyl (C=O) groups excluding carboxylic acids is 3. The number of likely N-dealkylation sites (N-methyl/N-ethyl adjacent to an activating group) is 1. The standard InChI is InChI=1S/C23H33N5O3/c1-17-16-18(27-14-12-26(2)13-15-27)7-8-19(17)24-20(29)6-5-11-28-21(30)23(25-22(28)31)9-3-4-10-23/h7-8,16H,3-6,9-15H2,1-2H3,(H,24,29)(H,25,31). The number of nitrogens with zero attached hydrogens (tertiary/aromatic N) is 3. The highest BCUT2D eigenvalue weighted by Crippen LogP contribution is 2.35. The van der Waals surface area contributed by atoms with Crippen LogP contribution in [0.25, 0.3) is 0 Å². The van der Waals surface area contributed by atoms with Gasteiger partial charge in [-0.15, -0.1) is 0 Å². The maximum Gasteiger partial charge on any atom is 0.325 e. The molecule has 0 atom stereocenters. The van der Waals surface area contributed by atoms with E-state index >= 15 is 0 Å². The number of piperazine rings is 1. The van der Waals surface area contributed by atoms with Gasteiger partial charge in [0.15, 0.2) is 0 Å². The van der Waals surface area contributed by atoms with Crippen LogP contribution >= 0.6 is 0 Å². The van der Waals surface area contributed by atoms with Crippen molar-refractivity contribution in [2.75, 3.05) is 50.0 Å². The maximum atomic E-state index is 12.7. The average molecular weight is 428 g/mol. The molecule has 2 saturated heterocycles. The Morgan fingerprint density at radius 1 is 1.13 bits per heavy atom. The summed E-state index contributed by atoms with van der Waals surface area (Å²) in [6.07, 6.45) is 4.10. The summed E-state index contributed by atoms with van der Waals surface area (Å²) >= 11 is 0. The molecule has 0 aromatic heterocycles. The smallest absolute Gasteiger partial charge is 0.325 e. The zero-order chi connectivity index (χ0) is 22.0. The molecular weight excluding hydrogens is 394 g/mol. The minimum Gasteiger partial charge on any atom is -0.369 e. The lowest BCUT2D eigenvalue weighted by molar-refractivity contribution is -0.131. The van der Waals surface area contributed by atoms with Gasteiger partial charge in [0.1, 0.15) is 5.54 Å². The molecule has 168 valence electrons. The number of amides is 4. The summed E-state index contributed by atoms with van der Waals surface area (Å²) < 4.78 is 0. The summed E-state index contributed by atoms with van der Waals surface area (Å²) in [6.45, 7) is 6.40. The third kappa shape index (κ3) is 4.54. The molecule has 2 N–H and O–H groups in total. The highest BCUT2D eigenvalue weighted by Gasteiger charge is 2.52. The fourth-order valence-corrected chi connectivity index (χ4v) is 4.86. The number of benzene rings is 1. The summed E-state index contributed by atoms with van der Waals surface area (Å²) in [7, 11) is 2.14. The van der Waals surface area contributed by atoms with Crippen molar-refractivity contribution in [1.82, 2.24) is 15.1 Å². The minimum atomic E-state index is -0.679. The van der Waals surface area contributed by atoms with Crippen LogP contribution in [0.5, 0.6) is 0 Å². The van der Waals surface area contributed by atoms with Gasteiger partial charge < -0.3 is 20.4 Å². The van der Waals surface area contributed by atoms with Gasteiger partial charge in [0.25, 0.3) is 5.91 Å². The Bertz CT molecular complexity index is 857. The molecular formula is C23H33N5O3. The number of hydrogen-bond donors (Lipinski definition) is 2.